The van der Waals surface area contributed by atoms with Gasteiger partial charge in [0, 0.05) is 43.8 Å². The van der Waals surface area contributed by atoms with Crippen LogP contribution >= 0.6 is 0 Å². The summed E-state index contributed by atoms with van der Waals surface area (Å²) in [6, 6.07) is 2.57. The highest BCUT2D eigenvalue weighted by Gasteiger charge is 2.28. The molecule has 106 valence electrons. The molecule has 0 saturated carbocycles. The minimum absolute atomic E-state index is 0.301. The Morgan fingerprint density at radius 3 is 3.05 bits per heavy atom. The van der Waals surface area contributed by atoms with Gasteiger partial charge in [0.2, 0.25) is 0 Å². The van der Waals surface area contributed by atoms with E-state index in [1.807, 2.05) is 12.4 Å². The summed E-state index contributed by atoms with van der Waals surface area (Å²) >= 11 is 0. The molecule has 19 heavy (non-hydrogen) atoms. The van der Waals surface area contributed by atoms with Crippen LogP contribution in [-0.2, 0) is 11.3 Å². The van der Waals surface area contributed by atoms with E-state index in [2.05, 4.69) is 42.2 Å². The highest BCUT2D eigenvalue weighted by Crippen LogP contribution is 2.26. The Morgan fingerprint density at radius 1 is 1.53 bits per heavy atom. The summed E-state index contributed by atoms with van der Waals surface area (Å²) in [6.07, 6.45) is 6.39. The summed E-state index contributed by atoms with van der Waals surface area (Å²) in [7, 11) is 2.16. The molecule has 1 saturated heterocycles. The summed E-state index contributed by atoms with van der Waals surface area (Å²) in [6.45, 7) is 7.13. The largest absolute Gasteiger partial charge is 0.376 e. The summed E-state index contributed by atoms with van der Waals surface area (Å²) in [5.74, 6) is 0. The first-order valence-electron chi connectivity index (χ1n) is 7.22. The van der Waals surface area contributed by atoms with E-state index in [1.165, 1.54) is 11.3 Å². The standard InChI is InChI=1S/C15H25N3O/c1-4-7-16-10-13-11-17-8-5-15(13)18(3)14-6-9-19-12(14)2/h5,8,11-12,14,16H,4,6-7,9-10H2,1-3H3. The van der Waals surface area contributed by atoms with Crippen molar-refractivity contribution in [2.24, 2.45) is 0 Å². The minimum Gasteiger partial charge on any atom is -0.376 e. The molecule has 4 nitrogen and oxygen atoms in total. The van der Waals surface area contributed by atoms with Gasteiger partial charge in [-0.05, 0) is 32.4 Å². The molecule has 1 aliphatic heterocycles. The van der Waals surface area contributed by atoms with Gasteiger partial charge < -0.3 is 15.0 Å². The molecule has 2 atom stereocenters. The van der Waals surface area contributed by atoms with Gasteiger partial charge in [-0.1, -0.05) is 6.92 Å². The molecule has 1 aromatic rings. The monoisotopic (exact) mass is 263 g/mol. The molecule has 0 aromatic carbocycles. The first-order valence-corrected chi connectivity index (χ1v) is 7.22. The first kappa shape index (κ1) is 14.3. The summed E-state index contributed by atoms with van der Waals surface area (Å²) in [4.78, 5) is 6.60. The molecule has 2 rings (SSSR count). The van der Waals surface area contributed by atoms with E-state index in [9.17, 15) is 0 Å². The normalized spacial score (nSPS) is 22.7. The molecule has 2 heterocycles. The summed E-state index contributed by atoms with van der Waals surface area (Å²) < 4.78 is 5.67. The average molecular weight is 263 g/mol. The molecule has 0 radical (unpaired) electrons. The maximum atomic E-state index is 5.67. The second kappa shape index (κ2) is 6.87. The molecule has 0 spiro atoms. The second-order valence-corrected chi connectivity index (χ2v) is 5.22. The zero-order chi connectivity index (χ0) is 13.7. The third-order valence-electron chi connectivity index (χ3n) is 3.83. The van der Waals surface area contributed by atoms with E-state index < -0.39 is 0 Å². The maximum Gasteiger partial charge on any atom is 0.0750 e. The molecule has 1 N–H and O–H groups in total. The number of nitrogens with zero attached hydrogens (tertiary/aromatic N) is 2. The molecular formula is C15H25N3O. The van der Waals surface area contributed by atoms with Crippen molar-refractivity contribution >= 4 is 5.69 Å². The quantitative estimate of drug-likeness (QED) is 0.798. The van der Waals surface area contributed by atoms with Crippen molar-refractivity contribution in [3.05, 3.63) is 24.0 Å². The molecule has 4 heteroatoms. The van der Waals surface area contributed by atoms with E-state index in [-0.39, 0.29) is 0 Å². The predicted molar refractivity (Wildman–Crippen MR) is 78.5 cm³/mol. The van der Waals surface area contributed by atoms with Crippen molar-refractivity contribution < 1.29 is 4.74 Å². The number of pyridine rings is 1. The summed E-state index contributed by atoms with van der Waals surface area (Å²) in [5, 5.41) is 3.45. The summed E-state index contributed by atoms with van der Waals surface area (Å²) in [5.41, 5.74) is 2.53. The molecule has 0 amide bonds. The van der Waals surface area contributed by atoms with Crippen molar-refractivity contribution in [1.29, 1.82) is 0 Å². The van der Waals surface area contributed by atoms with Crippen LogP contribution in [0.15, 0.2) is 18.5 Å². The Balaban J connectivity index is 2.09. The van der Waals surface area contributed by atoms with Gasteiger partial charge >= 0.3 is 0 Å². The van der Waals surface area contributed by atoms with Crippen LogP contribution in [0.5, 0.6) is 0 Å². The number of likely N-dealkylation sites (N-methyl/N-ethyl adjacent to an activating group) is 1. The fourth-order valence-electron chi connectivity index (χ4n) is 2.71. The third-order valence-corrected chi connectivity index (χ3v) is 3.83. The lowest BCUT2D eigenvalue weighted by Gasteiger charge is -2.30. The molecule has 2 unspecified atom stereocenters. The Kier molecular flexibility index (Phi) is 5.16. The Labute approximate surface area is 116 Å². The molecule has 1 fully saturated rings. The predicted octanol–water partition coefficient (Wildman–Crippen LogP) is 2.19. The topological polar surface area (TPSA) is 37.4 Å². The number of ether oxygens (including phenoxy) is 1. The van der Waals surface area contributed by atoms with Crippen molar-refractivity contribution in [3.8, 4) is 0 Å². The Bertz CT molecular complexity index is 397. The second-order valence-electron chi connectivity index (χ2n) is 5.22. The molecular weight excluding hydrogens is 238 g/mol. The molecule has 1 aliphatic rings. The molecule has 0 bridgehead atoms. The fraction of sp³-hybridized carbons (Fsp3) is 0.667. The first-order chi connectivity index (χ1) is 9.24. The lowest BCUT2D eigenvalue weighted by atomic mass is 10.1. The highest BCUT2D eigenvalue weighted by molar-refractivity contribution is 5.52. The highest BCUT2D eigenvalue weighted by atomic mass is 16.5. The zero-order valence-electron chi connectivity index (χ0n) is 12.2. The minimum atomic E-state index is 0.301. The van der Waals surface area contributed by atoms with Crippen LogP contribution < -0.4 is 10.2 Å². The smallest absolute Gasteiger partial charge is 0.0750 e. The van der Waals surface area contributed by atoms with Crippen molar-refractivity contribution in [3.63, 3.8) is 0 Å². The van der Waals surface area contributed by atoms with E-state index in [1.54, 1.807) is 0 Å². The maximum absolute atomic E-state index is 5.67. The van der Waals surface area contributed by atoms with E-state index in [0.717, 1.165) is 32.5 Å². The van der Waals surface area contributed by atoms with Gasteiger partial charge in [-0.25, -0.2) is 0 Å². The van der Waals surface area contributed by atoms with Gasteiger partial charge in [-0.2, -0.15) is 0 Å². The van der Waals surface area contributed by atoms with E-state index in [0.29, 0.717) is 12.1 Å². The fourth-order valence-corrected chi connectivity index (χ4v) is 2.71. The van der Waals surface area contributed by atoms with Crippen LogP contribution in [0.25, 0.3) is 0 Å². The number of aromatic nitrogens is 1. The number of hydrogen-bond acceptors (Lipinski definition) is 4. The van der Waals surface area contributed by atoms with Crippen molar-refractivity contribution in [1.82, 2.24) is 10.3 Å². The van der Waals surface area contributed by atoms with Gasteiger partial charge in [0.15, 0.2) is 0 Å². The zero-order valence-corrected chi connectivity index (χ0v) is 12.2. The van der Waals surface area contributed by atoms with Gasteiger partial charge in [-0.3, -0.25) is 4.98 Å². The SMILES string of the molecule is CCCNCc1cnccc1N(C)C1CCOC1C. The number of hydrogen-bond donors (Lipinski definition) is 1. The van der Waals surface area contributed by atoms with Gasteiger partial charge in [0.25, 0.3) is 0 Å². The van der Waals surface area contributed by atoms with Crippen molar-refractivity contribution in [2.75, 3.05) is 25.1 Å². The van der Waals surface area contributed by atoms with E-state index in [4.69, 9.17) is 4.74 Å². The van der Waals surface area contributed by atoms with Crippen LogP contribution in [-0.4, -0.2) is 37.3 Å². The number of anilines is 1. The van der Waals surface area contributed by atoms with Crippen LogP contribution in [0.3, 0.4) is 0 Å². The average Bonchev–Trinajstić information content (AvgIpc) is 2.85. The molecule has 0 aliphatic carbocycles. The van der Waals surface area contributed by atoms with Crippen LogP contribution in [0.1, 0.15) is 32.3 Å². The van der Waals surface area contributed by atoms with Crippen LogP contribution in [0, 0.1) is 0 Å². The Hall–Kier alpha value is -1.13. The van der Waals surface area contributed by atoms with Crippen molar-refractivity contribution in [2.45, 2.75) is 45.4 Å². The number of rotatable bonds is 6. The number of nitrogens with one attached hydrogen (secondary N) is 1. The van der Waals surface area contributed by atoms with Gasteiger partial charge in [0.1, 0.15) is 0 Å². The third kappa shape index (κ3) is 3.45. The van der Waals surface area contributed by atoms with Crippen LogP contribution in [0.4, 0.5) is 5.69 Å². The van der Waals surface area contributed by atoms with Gasteiger partial charge in [0.05, 0.1) is 12.1 Å². The lowest BCUT2D eigenvalue weighted by molar-refractivity contribution is 0.118. The van der Waals surface area contributed by atoms with E-state index >= 15 is 0 Å². The lowest BCUT2D eigenvalue weighted by Crippen LogP contribution is -2.37. The van der Waals surface area contributed by atoms with Gasteiger partial charge in [-0.15, -0.1) is 0 Å². The molecule has 1 aromatic heterocycles. The Morgan fingerprint density at radius 2 is 2.37 bits per heavy atom. The van der Waals surface area contributed by atoms with Crippen LogP contribution in [0.2, 0.25) is 0 Å².